The molecule has 144 valence electrons. The van der Waals surface area contributed by atoms with Crippen LogP contribution in [0.15, 0.2) is 60.7 Å². The molecule has 0 fully saturated rings. The Morgan fingerprint density at radius 1 is 1.11 bits per heavy atom. The fourth-order valence-electron chi connectivity index (χ4n) is 2.69. The SMILES string of the molecule is CC(NC(=O)/C=C/c1ccccc1)C(=O)NCCCc1nc2ccccc2s1. The number of fused-ring (bicyclic) bond motifs is 1. The Kier molecular flexibility index (Phi) is 6.92. The van der Waals surface area contributed by atoms with Gasteiger partial charge in [-0.15, -0.1) is 11.3 Å². The fraction of sp³-hybridized carbons (Fsp3) is 0.227. The third-order valence-corrected chi connectivity index (χ3v) is 5.28. The number of nitrogens with one attached hydrogen (secondary N) is 2. The van der Waals surface area contributed by atoms with E-state index in [1.54, 1.807) is 24.3 Å². The second kappa shape index (κ2) is 9.80. The Bertz CT molecular complexity index is 933. The summed E-state index contributed by atoms with van der Waals surface area (Å²) in [5.41, 5.74) is 1.95. The molecule has 3 rings (SSSR count). The van der Waals surface area contributed by atoms with Crippen molar-refractivity contribution in [3.8, 4) is 0 Å². The Hall–Kier alpha value is -2.99. The molecule has 0 saturated heterocycles. The number of para-hydroxylation sites is 1. The highest BCUT2D eigenvalue weighted by atomic mass is 32.1. The minimum Gasteiger partial charge on any atom is -0.354 e. The number of benzene rings is 2. The Morgan fingerprint density at radius 2 is 1.86 bits per heavy atom. The maximum atomic E-state index is 12.1. The summed E-state index contributed by atoms with van der Waals surface area (Å²) in [4.78, 5) is 28.7. The van der Waals surface area contributed by atoms with Gasteiger partial charge in [0, 0.05) is 19.0 Å². The van der Waals surface area contributed by atoms with E-state index in [2.05, 4.69) is 21.7 Å². The first-order chi connectivity index (χ1) is 13.6. The topological polar surface area (TPSA) is 71.1 Å². The van der Waals surface area contributed by atoms with Gasteiger partial charge in [-0.25, -0.2) is 4.98 Å². The molecule has 6 heteroatoms. The molecule has 0 saturated carbocycles. The monoisotopic (exact) mass is 393 g/mol. The van der Waals surface area contributed by atoms with Gasteiger partial charge in [0.2, 0.25) is 11.8 Å². The van der Waals surface area contributed by atoms with Gasteiger partial charge in [-0.3, -0.25) is 9.59 Å². The molecular formula is C22H23N3O2S. The van der Waals surface area contributed by atoms with Crippen LogP contribution in [-0.2, 0) is 16.0 Å². The molecule has 1 atom stereocenters. The number of hydrogen-bond donors (Lipinski definition) is 2. The normalized spacial score (nSPS) is 12.2. The van der Waals surface area contributed by atoms with Crippen LogP contribution >= 0.6 is 11.3 Å². The lowest BCUT2D eigenvalue weighted by Gasteiger charge is -2.12. The summed E-state index contributed by atoms with van der Waals surface area (Å²) in [6, 6.07) is 17.0. The number of carbonyl (C=O) groups excluding carboxylic acids is 2. The zero-order valence-electron chi connectivity index (χ0n) is 15.7. The minimum absolute atomic E-state index is 0.189. The van der Waals surface area contributed by atoms with Crippen molar-refractivity contribution >= 4 is 39.4 Å². The van der Waals surface area contributed by atoms with E-state index in [1.165, 1.54) is 10.8 Å². The van der Waals surface area contributed by atoms with Gasteiger partial charge in [0.15, 0.2) is 0 Å². The molecule has 0 radical (unpaired) electrons. The summed E-state index contributed by atoms with van der Waals surface area (Å²) in [5, 5.41) is 6.61. The lowest BCUT2D eigenvalue weighted by molar-refractivity contribution is -0.126. The molecule has 2 amide bonds. The van der Waals surface area contributed by atoms with Crippen molar-refractivity contribution < 1.29 is 9.59 Å². The number of amides is 2. The van der Waals surface area contributed by atoms with E-state index < -0.39 is 6.04 Å². The van der Waals surface area contributed by atoms with E-state index in [9.17, 15) is 9.59 Å². The quantitative estimate of drug-likeness (QED) is 0.454. The maximum absolute atomic E-state index is 12.1. The summed E-state index contributed by atoms with van der Waals surface area (Å²) in [6.45, 7) is 2.23. The molecule has 3 aromatic rings. The van der Waals surface area contributed by atoms with E-state index in [0.29, 0.717) is 6.54 Å². The number of thiazole rings is 1. The highest BCUT2D eigenvalue weighted by molar-refractivity contribution is 7.18. The molecule has 1 aromatic heterocycles. The van der Waals surface area contributed by atoms with Crippen molar-refractivity contribution in [1.82, 2.24) is 15.6 Å². The summed E-state index contributed by atoms with van der Waals surface area (Å²) in [7, 11) is 0. The van der Waals surface area contributed by atoms with Crippen LogP contribution in [0.5, 0.6) is 0 Å². The van der Waals surface area contributed by atoms with Crippen LogP contribution in [0, 0.1) is 0 Å². The number of hydrogen-bond acceptors (Lipinski definition) is 4. The second-order valence-corrected chi connectivity index (χ2v) is 7.56. The van der Waals surface area contributed by atoms with Crippen molar-refractivity contribution in [2.75, 3.05) is 6.54 Å². The Morgan fingerprint density at radius 3 is 2.64 bits per heavy atom. The molecule has 1 heterocycles. The van der Waals surface area contributed by atoms with Crippen molar-refractivity contribution in [2.45, 2.75) is 25.8 Å². The zero-order chi connectivity index (χ0) is 19.8. The minimum atomic E-state index is -0.588. The zero-order valence-corrected chi connectivity index (χ0v) is 16.5. The van der Waals surface area contributed by atoms with Crippen molar-refractivity contribution in [3.63, 3.8) is 0 Å². The predicted molar refractivity (Wildman–Crippen MR) is 114 cm³/mol. The van der Waals surface area contributed by atoms with Crippen LogP contribution in [0.4, 0.5) is 0 Å². The first-order valence-corrected chi connectivity index (χ1v) is 10.1. The van der Waals surface area contributed by atoms with E-state index in [4.69, 9.17) is 0 Å². The summed E-state index contributed by atoms with van der Waals surface area (Å²) in [6.07, 6.45) is 4.78. The smallest absolute Gasteiger partial charge is 0.244 e. The van der Waals surface area contributed by atoms with Crippen LogP contribution in [-0.4, -0.2) is 29.4 Å². The molecule has 0 aliphatic heterocycles. The second-order valence-electron chi connectivity index (χ2n) is 6.44. The van der Waals surface area contributed by atoms with Crippen molar-refractivity contribution in [2.24, 2.45) is 0 Å². The van der Waals surface area contributed by atoms with Crippen LogP contribution < -0.4 is 10.6 Å². The molecule has 28 heavy (non-hydrogen) atoms. The molecular weight excluding hydrogens is 370 g/mol. The summed E-state index contributed by atoms with van der Waals surface area (Å²) < 4.78 is 1.18. The predicted octanol–water partition coefficient (Wildman–Crippen LogP) is 3.56. The highest BCUT2D eigenvalue weighted by Crippen LogP contribution is 2.22. The summed E-state index contributed by atoms with van der Waals surface area (Å²) >= 11 is 1.69. The largest absolute Gasteiger partial charge is 0.354 e. The average molecular weight is 394 g/mol. The molecule has 0 bridgehead atoms. The van der Waals surface area contributed by atoms with Crippen molar-refractivity contribution in [1.29, 1.82) is 0 Å². The molecule has 0 aliphatic rings. The molecule has 1 unspecified atom stereocenters. The molecule has 5 nitrogen and oxygen atoms in total. The maximum Gasteiger partial charge on any atom is 0.244 e. The highest BCUT2D eigenvalue weighted by Gasteiger charge is 2.13. The standard InChI is InChI=1S/C22H23N3O2S/c1-16(24-20(26)14-13-17-8-3-2-4-9-17)22(27)23-15-7-12-21-25-18-10-5-6-11-19(18)28-21/h2-6,8-11,13-14,16H,7,12,15H2,1H3,(H,23,27)(H,24,26)/b14-13+. The molecule has 0 spiro atoms. The fourth-order valence-corrected chi connectivity index (χ4v) is 3.70. The van der Waals surface area contributed by atoms with Gasteiger partial charge < -0.3 is 10.6 Å². The van der Waals surface area contributed by atoms with Crippen LogP contribution in [0.2, 0.25) is 0 Å². The Balaban J connectivity index is 1.38. The first-order valence-electron chi connectivity index (χ1n) is 9.27. The van der Waals surface area contributed by atoms with E-state index >= 15 is 0 Å². The third kappa shape index (κ3) is 5.76. The Labute approximate surface area is 168 Å². The molecule has 2 aromatic carbocycles. The number of nitrogens with zero attached hydrogens (tertiary/aromatic N) is 1. The lowest BCUT2D eigenvalue weighted by atomic mass is 10.2. The van der Waals surface area contributed by atoms with Gasteiger partial charge in [-0.2, -0.15) is 0 Å². The lowest BCUT2D eigenvalue weighted by Crippen LogP contribution is -2.44. The van der Waals surface area contributed by atoms with Crippen LogP contribution in [0.25, 0.3) is 16.3 Å². The number of carbonyl (C=O) groups is 2. The van der Waals surface area contributed by atoms with Gasteiger partial charge in [0.05, 0.1) is 15.2 Å². The summed E-state index contributed by atoms with van der Waals surface area (Å²) in [5.74, 6) is -0.480. The van der Waals surface area contributed by atoms with Gasteiger partial charge in [0.1, 0.15) is 6.04 Å². The first kappa shape index (κ1) is 19.8. The van der Waals surface area contributed by atoms with Gasteiger partial charge in [-0.1, -0.05) is 42.5 Å². The molecule has 0 aliphatic carbocycles. The van der Waals surface area contributed by atoms with E-state index in [0.717, 1.165) is 28.9 Å². The number of aryl methyl sites for hydroxylation is 1. The van der Waals surface area contributed by atoms with Gasteiger partial charge in [0.25, 0.3) is 0 Å². The average Bonchev–Trinajstić information content (AvgIpc) is 3.13. The van der Waals surface area contributed by atoms with Crippen LogP contribution in [0.1, 0.15) is 23.9 Å². The van der Waals surface area contributed by atoms with Gasteiger partial charge in [-0.05, 0) is 37.1 Å². The van der Waals surface area contributed by atoms with E-state index in [1.807, 2.05) is 48.5 Å². The van der Waals surface area contributed by atoms with Crippen molar-refractivity contribution in [3.05, 3.63) is 71.2 Å². The van der Waals surface area contributed by atoms with E-state index in [-0.39, 0.29) is 11.8 Å². The van der Waals surface area contributed by atoms with Gasteiger partial charge >= 0.3 is 0 Å². The number of rotatable bonds is 8. The number of aromatic nitrogens is 1. The molecule has 2 N–H and O–H groups in total. The third-order valence-electron chi connectivity index (χ3n) is 4.18. The van der Waals surface area contributed by atoms with Crippen LogP contribution in [0.3, 0.4) is 0 Å².